The third-order valence-corrected chi connectivity index (χ3v) is 5.54. The predicted octanol–water partition coefficient (Wildman–Crippen LogP) is 1.92. The van der Waals surface area contributed by atoms with Crippen LogP contribution in [-0.2, 0) is 13.1 Å². The molecule has 1 aliphatic heterocycles. The van der Waals surface area contributed by atoms with Crippen LogP contribution in [0.1, 0.15) is 46.8 Å². The van der Waals surface area contributed by atoms with E-state index in [4.69, 9.17) is 10.5 Å². The van der Waals surface area contributed by atoms with Crippen LogP contribution in [-0.4, -0.2) is 50.8 Å². The fraction of sp³-hybridized carbons (Fsp3) is 0.455. The summed E-state index contributed by atoms with van der Waals surface area (Å²) >= 11 is 0. The summed E-state index contributed by atoms with van der Waals surface area (Å²) in [5, 5.41) is 10.5. The van der Waals surface area contributed by atoms with E-state index in [1.54, 1.807) is 22.9 Å². The van der Waals surface area contributed by atoms with E-state index in [0.29, 0.717) is 54.1 Å². The number of carbonyl (C=O) groups excluding carboxylic acids is 2. The van der Waals surface area contributed by atoms with Crippen LogP contribution in [0.25, 0.3) is 11.0 Å². The first-order valence-corrected chi connectivity index (χ1v) is 10.9. The van der Waals surface area contributed by atoms with Crippen LogP contribution in [0.4, 0.5) is 5.95 Å². The number of carbonyl (C=O) groups is 2. The van der Waals surface area contributed by atoms with E-state index in [9.17, 15) is 9.59 Å². The van der Waals surface area contributed by atoms with Crippen LogP contribution in [0.3, 0.4) is 0 Å². The van der Waals surface area contributed by atoms with Crippen molar-refractivity contribution in [2.24, 2.45) is 11.7 Å². The lowest BCUT2D eigenvalue weighted by molar-refractivity contribution is 0.0995. The van der Waals surface area contributed by atoms with Gasteiger partial charge in [-0.15, -0.1) is 0 Å². The van der Waals surface area contributed by atoms with Crippen molar-refractivity contribution in [1.29, 1.82) is 0 Å². The summed E-state index contributed by atoms with van der Waals surface area (Å²) in [6.45, 7) is 9.36. The second kappa shape index (κ2) is 8.99. The lowest BCUT2D eigenvalue weighted by Gasteiger charge is -2.27. The summed E-state index contributed by atoms with van der Waals surface area (Å²) in [6, 6.07) is 5.04. The molecule has 2 aromatic heterocycles. The summed E-state index contributed by atoms with van der Waals surface area (Å²) < 4.78 is 9.69. The number of nitrogens with one attached hydrogen (secondary N) is 2. The Hall–Kier alpha value is -3.40. The van der Waals surface area contributed by atoms with Gasteiger partial charge in [0.25, 0.3) is 5.91 Å². The van der Waals surface area contributed by atoms with Gasteiger partial charge in [-0.25, -0.2) is 4.98 Å². The molecule has 4 N–H and O–H groups in total. The average Bonchev–Trinajstić information content (AvgIpc) is 3.27. The highest BCUT2D eigenvalue weighted by Crippen LogP contribution is 2.32. The number of aryl methyl sites for hydroxylation is 3. The highest BCUT2D eigenvalue weighted by Gasteiger charge is 2.23. The van der Waals surface area contributed by atoms with Crippen molar-refractivity contribution in [2.75, 3.05) is 25.0 Å². The molecule has 4 rings (SSSR count). The van der Waals surface area contributed by atoms with Crippen LogP contribution < -0.4 is 21.1 Å². The summed E-state index contributed by atoms with van der Waals surface area (Å²) in [5.74, 6) is 0.504. The molecule has 0 aliphatic carbocycles. The maximum Gasteiger partial charge on any atom is 0.276 e. The molecule has 170 valence electrons. The molecule has 1 aromatic carbocycles. The highest BCUT2D eigenvalue weighted by molar-refractivity contribution is 6.04. The summed E-state index contributed by atoms with van der Waals surface area (Å²) in [4.78, 5) is 29.5. The molecular weight excluding hydrogens is 410 g/mol. The molecule has 0 unspecified atom stereocenters. The quantitative estimate of drug-likeness (QED) is 0.467. The number of imidazole rings is 1. The van der Waals surface area contributed by atoms with Crippen LogP contribution in [0, 0.1) is 12.8 Å². The topological polar surface area (TPSA) is 129 Å². The number of fused-ring (bicyclic) bond motifs is 1. The second-order valence-electron chi connectivity index (χ2n) is 8.07. The highest BCUT2D eigenvalue weighted by atomic mass is 16.5. The van der Waals surface area contributed by atoms with Gasteiger partial charge in [0.1, 0.15) is 17.0 Å². The number of rotatable bonds is 9. The molecule has 0 radical (unpaired) electrons. The van der Waals surface area contributed by atoms with Crippen molar-refractivity contribution < 1.29 is 14.3 Å². The minimum absolute atomic E-state index is 0.293. The Labute approximate surface area is 186 Å². The SMILES string of the molecule is CCCn1c(NC(=O)c2cc(C)nn2CC)nc2cc(C(N)=O)cc(OCC3CNC3)c21. The number of hydrogen-bond acceptors (Lipinski definition) is 6. The fourth-order valence-electron chi connectivity index (χ4n) is 3.83. The Morgan fingerprint density at radius 1 is 1.28 bits per heavy atom. The van der Waals surface area contributed by atoms with Crippen LogP contribution in [0.15, 0.2) is 18.2 Å². The van der Waals surface area contributed by atoms with Crippen LogP contribution in [0.5, 0.6) is 5.75 Å². The van der Waals surface area contributed by atoms with Gasteiger partial charge in [0.2, 0.25) is 11.9 Å². The Morgan fingerprint density at radius 2 is 2.06 bits per heavy atom. The maximum atomic E-state index is 13.0. The first-order valence-electron chi connectivity index (χ1n) is 10.9. The van der Waals surface area contributed by atoms with Gasteiger partial charge in [-0.2, -0.15) is 5.10 Å². The summed E-state index contributed by atoms with van der Waals surface area (Å²) in [7, 11) is 0. The molecule has 1 fully saturated rings. The number of anilines is 1. The largest absolute Gasteiger partial charge is 0.491 e. The molecule has 2 amide bonds. The molecule has 0 spiro atoms. The Morgan fingerprint density at radius 3 is 2.69 bits per heavy atom. The van der Waals surface area contributed by atoms with E-state index in [1.165, 1.54) is 0 Å². The molecule has 32 heavy (non-hydrogen) atoms. The van der Waals surface area contributed by atoms with Gasteiger partial charge in [-0.3, -0.25) is 19.6 Å². The lowest BCUT2D eigenvalue weighted by Crippen LogP contribution is -2.45. The van der Waals surface area contributed by atoms with Crippen molar-refractivity contribution in [2.45, 2.75) is 40.3 Å². The number of primary amides is 1. The third-order valence-electron chi connectivity index (χ3n) is 5.54. The third kappa shape index (κ3) is 4.18. The van der Waals surface area contributed by atoms with Gasteiger partial charge in [0, 0.05) is 37.7 Å². The standard InChI is InChI=1S/C22H29N7O3/c1-4-6-28-19-16(8-15(20(23)30)9-18(19)32-12-14-10-24-11-14)25-22(28)26-21(31)17-7-13(3)27-29(17)5-2/h7-9,14,24H,4-6,10-12H2,1-3H3,(H2,23,30)(H,25,26,31). The molecule has 1 saturated heterocycles. The maximum absolute atomic E-state index is 13.0. The minimum atomic E-state index is -0.556. The van der Waals surface area contributed by atoms with Crippen LogP contribution >= 0.6 is 0 Å². The van der Waals surface area contributed by atoms with Gasteiger partial charge in [-0.05, 0) is 38.5 Å². The molecule has 3 heterocycles. The first kappa shape index (κ1) is 21.8. The number of amides is 2. The molecule has 10 heteroatoms. The average molecular weight is 440 g/mol. The minimum Gasteiger partial charge on any atom is -0.491 e. The molecule has 0 atom stereocenters. The number of aromatic nitrogens is 4. The molecule has 10 nitrogen and oxygen atoms in total. The lowest BCUT2D eigenvalue weighted by atomic mass is 10.1. The Bertz CT molecular complexity index is 1160. The normalized spacial score (nSPS) is 13.8. The molecule has 3 aromatic rings. The van der Waals surface area contributed by atoms with Crippen molar-refractivity contribution in [1.82, 2.24) is 24.6 Å². The zero-order chi connectivity index (χ0) is 22.8. The van der Waals surface area contributed by atoms with Gasteiger partial charge in [0.15, 0.2) is 0 Å². The van der Waals surface area contributed by atoms with E-state index < -0.39 is 5.91 Å². The molecule has 0 saturated carbocycles. The first-order chi connectivity index (χ1) is 15.4. The predicted molar refractivity (Wildman–Crippen MR) is 121 cm³/mol. The van der Waals surface area contributed by atoms with E-state index in [0.717, 1.165) is 30.7 Å². The van der Waals surface area contributed by atoms with Gasteiger partial charge in [-0.1, -0.05) is 6.92 Å². The van der Waals surface area contributed by atoms with E-state index in [1.807, 2.05) is 25.3 Å². The van der Waals surface area contributed by atoms with Crippen molar-refractivity contribution in [3.8, 4) is 5.75 Å². The van der Waals surface area contributed by atoms with Crippen molar-refractivity contribution in [3.05, 3.63) is 35.2 Å². The van der Waals surface area contributed by atoms with Crippen LogP contribution in [0.2, 0.25) is 0 Å². The van der Waals surface area contributed by atoms with Crippen molar-refractivity contribution >= 4 is 28.8 Å². The van der Waals surface area contributed by atoms with E-state index in [2.05, 4.69) is 20.7 Å². The van der Waals surface area contributed by atoms with E-state index >= 15 is 0 Å². The fourth-order valence-corrected chi connectivity index (χ4v) is 3.83. The Kier molecular flexibility index (Phi) is 6.13. The van der Waals surface area contributed by atoms with Gasteiger partial charge in [0.05, 0.1) is 17.8 Å². The van der Waals surface area contributed by atoms with Gasteiger partial charge >= 0.3 is 0 Å². The second-order valence-corrected chi connectivity index (χ2v) is 8.07. The van der Waals surface area contributed by atoms with E-state index in [-0.39, 0.29) is 5.91 Å². The monoisotopic (exact) mass is 439 g/mol. The summed E-state index contributed by atoms with van der Waals surface area (Å²) in [6.07, 6.45) is 0.823. The molecule has 1 aliphatic rings. The molecule has 0 bridgehead atoms. The smallest absolute Gasteiger partial charge is 0.276 e. The van der Waals surface area contributed by atoms with Crippen molar-refractivity contribution in [3.63, 3.8) is 0 Å². The van der Waals surface area contributed by atoms with Gasteiger partial charge < -0.3 is 20.4 Å². The number of benzene rings is 1. The zero-order valence-corrected chi connectivity index (χ0v) is 18.6. The zero-order valence-electron chi connectivity index (χ0n) is 18.6. The number of nitrogens with zero attached hydrogens (tertiary/aromatic N) is 4. The summed E-state index contributed by atoms with van der Waals surface area (Å²) in [5.41, 5.74) is 8.38. The number of nitrogens with two attached hydrogens (primary N) is 1. The number of ether oxygens (including phenoxy) is 1. The molecular formula is C22H29N7O3. The number of hydrogen-bond donors (Lipinski definition) is 3. The Balaban J connectivity index is 1.75.